The van der Waals surface area contributed by atoms with Gasteiger partial charge in [-0.05, 0) is 6.42 Å². The van der Waals surface area contributed by atoms with Crippen molar-refractivity contribution in [3.63, 3.8) is 0 Å². The molecule has 13 heavy (non-hydrogen) atoms. The van der Waals surface area contributed by atoms with Crippen LogP contribution in [0.1, 0.15) is 13.3 Å². The van der Waals surface area contributed by atoms with Crippen LogP contribution >= 0.6 is 7.26 Å². The van der Waals surface area contributed by atoms with E-state index in [0.717, 1.165) is 19.0 Å². The van der Waals surface area contributed by atoms with Gasteiger partial charge in [0.2, 0.25) is 0 Å². The molecule has 0 fully saturated rings. The monoisotopic (exact) mass is 209 g/mol. The van der Waals surface area contributed by atoms with E-state index in [1.165, 1.54) is 12.6 Å². The number of hydrogen-bond donors (Lipinski definition) is 0. The highest BCUT2D eigenvalue weighted by Gasteiger charge is 2.36. The van der Waals surface area contributed by atoms with Crippen LogP contribution in [0.2, 0.25) is 0 Å². The molecule has 0 spiro atoms. The second-order valence-corrected chi connectivity index (χ2v) is 7.22. The van der Waals surface area contributed by atoms with Crippen molar-refractivity contribution in [3.8, 4) is 0 Å². The number of methoxy groups -OCH3 is 3. The van der Waals surface area contributed by atoms with Gasteiger partial charge in [0.15, 0.2) is 19.0 Å². The smallest absolute Gasteiger partial charge is 0.161 e. The molecule has 0 aromatic heterocycles. The summed E-state index contributed by atoms with van der Waals surface area (Å²) in [6.07, 6.45) is 4.78. The van der Waals surface area contributed by atoms with Gasteiger partial charge in [0, 0.05) is 21.3 Å². The summed E-state index contributed by atoms with van der Waals surface area (Å²) in [6.45, 7) is 2.19. The van der Waals surface area contributed by atoms with Crippen LogP contribution < -0.4 is 0 Å². The summed E-state index contributed by atoms with van der Waals surface area (Å²) in [5.74, 6) is 0. The van der Waals surface area contributed by atoms with Crippen molar-refractivity contribution in [2.45, 2.75) is 13.3 Å². The topological polar surface area (TPSA) is 27.7 Å². The van der Waals surface area contributed by atoms with Crippen LogP contribution in [-0.2, 0) is 14.2 Å². The van der Waals surface area contributed by atoms with Crippen molar-refractivity contribution in [1.82, 2.24) is 0 Å². The number of hydrogen-bond acceptors (Lipinski definition) is 3. The van der Waals surface area contributed by atoms with Crippen LogP contribution in [0.15, 0.2) is 0 Å². The third kappa shape index (κ3) is 4.92. The lowest BCUT2D eigenvalue weighted by Crippen LogP contribution is -2.15. The average molecular weight is 209 g/mol. The van der Waals surface area contributed by atoms with Crippen molar-refractivity contribution >= 4 is 7.26 Å². The Morgan fingerprint density at radius 3 is 1.46 bits per heavy atom. The van der Waals surface area contributed by atoms with Crippen LogP contribution in [0.25, 0.3) is 0 Å². The maximum Gasteiger partial charge on any atom is 0.161 e. The average Bonchev–Trinajstić information content (AvgIpc) is 2.06. The predicted molar refractivity (Wildman–Crippen MR) is 57.7 cm³/mol. The molecule has 0 amide bonds. The van der Waals surface area contributed by atoms with E-state index in [1.54, 1.807) is 21.3 Å². The minimum absolute atomic E-state index is 0.808. The molecule has 0 heterocycles. The molecule has 0 aliphatic rings. The molecule has 80 valence electrons. The van der Waals surface area contributed by atoms with Gasteiger partial charge in [0.05, 0.1) is 13.4 Å². The van der Waals surface area contributed by atoms with Gasteiger partial charge in [-0.25, -0.2) is 0 Å². The quantitative estimate of drug-likeness (QED) is 0.574. The summed E-state index contributed by atoms with van der Waals surface area (Å²) in [5.41, 5.74) is 0. The van der Waals surface area contributed by atoms with Gasteiger partial charge < -0.3 is 14.2 Å². The molecule has 0 unspecified atom stereocenters. The van der Waals surface area contributed by atoms with Crippen LogP contribution in [0, 0.1) is 0 Å². The molecule has 0 atom stereocenters. The van der Waals surface area contributed by atoms with Crippen molar-refractivity contribution in [3.05, 3.63) is 0 Å². The summed E-state index contributed by atoms with van der Waals surface area (Å²) in [6, 6.07) is 0. The second-order valence-electron chi connectivity index (χ2n) is 3.32. The van der Waals surface area contributed by atoms with Gasteiger partial charge >= 0.3 is 0 Å². The highest BCUT2D eigenvalue weighted by Crippen LogP contribution is 2.58. The maximum atomic E-state index is 5.25. The standard InChI is InChI=1S/C9H22O3P/c1-5-6-13(7-10-2,8-11-3)9-12-4/h5-9H2,1-4H3/q+1. The van der Waals surface area contributed by atoms with Crippen molar-refractivity contribution < 1.29 is 14.2 Å². The van der Waals surface area contributed by atoms with E-state index in [-0.39, 0.29) is 0 Å². The van der Waals surface area contributed by atoms with Gasteiger partial charge in [0.25, 0.3) is 0 Å². The first-order valence-corrected chi connectivity index (χ1v) is 7.09. The first-order chi connectivity index (χ1) is 6.24. The Kier molecular flexibility index (Phi) is 7.87. The van der Waals surface area contributed by atoms with E-state index in [9.17, 15) is 0 Å². The van der Waals surface area contributed by atoms with Gasteiger partial charge in [-0.2, -0.15) is 0 Å². The van der Waals surface area contributed by atoms with Gasteiger partial charge in [-0.3, -0.25) is 0 Å². The van der Waals surface area contributed by atoms with Crippen LogP contribution in [0.5, 0.6) is 0 Å². The Morgan fingerprint density at radius 2 is 1.23 bits per heavy atom. The minimum Gasteiger partial charge on any atom is -0.349 e. The van der Waals surface area contributed by atoms with Crippen LogP contribution in [0.4, 0.5) is 0 Å². The molecular formula is C9H22O3P+. The van der Waals surface area contributed by atoms with E-state index < -0.39 is 7.26 Å². The Balaban J connectivity index is 4.19. The summed E-state index contributed by atoms with van der Waals surface area (Å²) in [7, 11) is 4.07. The Labute approximate surface area is 82.1 Å². The number of rotatable bonds is 8. The SMILES string of the molecule is CCC[P+](COC)(COC)COC. The molecule has 3 nitrogen and oxygen atoms in total. The summed E-state index contributed by atoms with van der Waals surface area (Å²) >= 11 is 0. The highest BCUT2D eigenvalue weighted by molar-refractivity contribution is 7.75. The summed E-state index contributed by atoms with van der Waals surface area (Å²) in [4.78, 5) is 0. The Morgan fingerprint density at radius 1 is 0.846 bits per heavy atom. The van der Waals surface area contributed by atoms with E-state index in [0.29, 0.717) is 0 Å². The highest BCUT2D eigenvalue weighted by atomic mass is 31.2. The van der Waals surface area contributed by atoms with Crippen molar-refractivity contribution in [1.29, 1.82) is 0 Å². The molecule has 0 aromatic rings. The summed E-state index contributed by atoms with van der Waals surface area (Å²) < 4.78 is 15.8. The van der Waals surface area contributed by atoms with E-state index >= 15 is 0 Å². The van der Waals surface area contributed by atoms with E-state index in [1.807, 2.05) is 0 Å². The summed E-state index contributed by atoms with van der Waals surface area (Å²) in [5, 5.41) is 0. The molecule has 0 radical (unpaired) electrons. The molecule has 0 aliphatic carbocycles. The van der Waals surface area contributed by atoms with Gasteiger partial charge in [-0.15, -0.1) is 0 Å². The Hall–Kier alpha value is 0.310. The van der Waals surface area contributed by atoms with Gasteiger partial charge in [0.1, 0.15) is 0 Å². The molecule has 0 N–H and O–H groups in total. The Bertz CT molecular complexity index is 89.9. The molecular weight excluding hydrogens is 187 g/mol. The largest absolute Gasteiger partial charge is 0.349 e. The zero-order valence-electron chi connectivity index (χ0n) is 9.21. The molecule has 0 aromatic carbocycles. The fourth-order valence-corrected chi connectivity index (χ4v) is 4.80. The maximum absolute atomic E-state index is 5.25. The molecule has 0 saturated heterocycles. The zero-order chi connectivity index (χ0) is 10.2. The molecule has 0 bridgehead atoms. The minimum atomic E-state index is -1.16. The fourth-order valence-electron chi connectivity index (χ4n) is 1.60. The second kappa shape index (κ2) is 7.69. The lowest BCUT2D eigenvalue weighted by Gasteiger charge is -2.24. The molecule has 4 heteroatoms. The molecule has 0 saturated carbocycles. The van der Waals surface area contributed by atoms with Crippen LogP contribution in [-0.4, -0.2) is 46.5 Å². The van der Waals surface area contributed by atoms with Crippen molar-refractivity contribution in [2.24, 2.45) is 0 Å². The first kappa shape index (κ1) is 13.3. The lowest BCUT2D eigenvalue weighted by molar-refractivity contribution is 0.208. The normalized spacial score (nSPS) is 12.0. The fraction of sp³-hybridized carbons (Fsp3) is 1.00. The van der Waals surface area contributed by atoms with E-state index in [2.05, 4.69) is 6.92 Å². The van der Waals surface area contributed by atoms with Crippen LogP contribution in [0.3, 0.4) is 0 Å². The third-order valence-electron chi connectivity index (χ3n) is 1.91. The predicted octanol–water partition coefficient (Wildman–Crippen LogP) is 2.23. The molecule has 0 rings (SSSR count). The zero-order valence-corrected chi connectivity index (χ0v) is 10.1. The lowest BCUT2D eigenvalue weighted by atomic mass is 10.6. The van der Waals surface area contributed by atoms with Gasteiger partial charge in [-0.1, -0.05) is 6.92 Å². The van der Waals surface area contributed by atoms with E-state index in [4.69, 9.17) is 14.2 Å². The molecule has 0 aliphatic heterocycles. The number of ether oxygens (including phenoxy) is 3. The van der Waals surface area contributed by atoms with Crippen molar-refractivity contribution in [2.75, 3.05) is 46.5 Å². The first-order valence-electron chi connectivity index (χ1n) is 4.56. The third-order valence-corrected chi connectivity index (χ3v) is 5.72.